The van der Waals surface area contributed by atoms with Crippen LogP contribution in [0.1, 0.15) is 58.3 Å². The summed E-state index contributed by atoms with van der Waals surface area (Å²) in [5, 5.41) is 3.11. The third-order valence-electron chi connectivity index (χ3n) is 5.56. The minimum Gasteiger partial charge on any atom is -0.370 e. The van der Waals surface area contributed by atoms with E-state index >= 15 is 0 Å². The highest BCUT2D eigenvalue weighted by molar-refractivity contribution is 5.79. The number of nitrogens with one attached hydrogen (secondary N) is 1. The molecule has 2 aromatic rings. The van der Waals surface area contributed by atoms with Gasteiger partial charge in [0.05, 0.1) is 23.3 Å². The Bertz CT molecular complexity index is 799. The van der Waals surface area contributed by atoms with E-state index in [9.17, 15) is 4.79 Å². The van der Waals surface area contributed by atoms with Crippen LogP contribution in [0.25, 0.3) is 11.2 Å². The van der Waals surface area contributed by atoms with Gasteiger partial charge in [0.25, 0.3) is 0 Å². The summed E-state index contributed by atoms with van der Waals surface area (Å²) in [6.45, 7) is 10.1. The van der Waals surface area contributed by atoms with Crippen molar-refractivity contribution in [2.24, 2.45) is 5.92 Å². The van der Waals surface area contributed by atoms with Crippen LogP contribution in [0.15, 0.2) is 12.3 Å². The molecule has 3 heterocycles. The van der Waals surface area contributed by atoms with Gasteiger partial charge in [-0.3, -0.25) is 4.79 Å². The number of hydrogen-bond donors (Lipinski definition) is 1. The van der Waals surface area contributed by atoms with Crippen LogP contribution in [-0.4, -0.2) is 40.0 Å². The Morgan fingerprint density at radius 3 is 2.48 bits per heavy atom. The molecular formula is C21H31N5O. The van der Waals surface area contributed by atoms with E-state index < -0.39 is 0 Å². The van der Waals surface area contributed by atoms with E-state index in [1.807, 2.05) is 6.20 Å². The molecule has 2 aromatic heterocycles. The van der Waals surface area contributed by atoms with Crippen LogP contribution < -0.4 is 10.2 Å². The van der Waals surface area contributed by atoms with Gasteiger partial charge in [-0.2, -0.15) is 0 Å². The van der Waals surface area contributed by atoms with Crippen molar-refractivity contribution in [2.45, 2.75) is 65.8 Å². The zero-order chi connectivity index (χ0) is 19.4. The number of carbonyl (C=O) groups excluding carboxylic acids is 1. The van der Waals surface area contributed by atoms with Crippen molar-refractivity contribution >= 4 is 22.8 Å². The first-order valence-corrected chi connectivity index (χ1v) is 10.3. The molecule has 0 saturated carbocycles. The molecule has 0 bridgehead atoms. The van der Waals surface area contributed by atoms with Gasteiger partial charge >= 0.3 is 0 Å². The maximum Gasteiger partial charge on any atom is 0.223 e. The maximum atomic E-state index is 12.4. The number of aromatic nitrogens is 3. The summed E-state index contributed by atoms with van der Waals surface area (Å²) in [6, 6.07) is 2.34. The van der Waals surface area contributed by atoms with Gasteiger partial charge in [0.1, 0.15) is 5.52 Å². The smallest absolute Gasteiger partial charge is 0.223 e. The fourth-order valence-corrected chi connectivity index (χ4v) is 3.61. The van der Waals surface area contributed by atoms with Gasteiger partial charge in [0.15, 0.2) is 5.65 Å². The van der Waals surface area contributed by atoms with Gasteiger partial charge in [-0.25, -0.2) is 15.0 Å². The number of carbonyl (C=O) groups is 1. The molecule has 1 fully saturated rings. The van der Waals surface area contributed by atoms with E-state index in [-0.39, 0.29) is 17.9 Å². The lowest BCUT2D eigenvalue weighted by atomic mass is 9.95. The molecule has 0 unspecified atom stereocenters. The van der Waals surface area contributed by atoms with Crippen molar-refractivity contribution in [3.05, 3.63) is 23.7 Å². The molecule has 1 aliphatic heterocycles. The van der Waals surface area contributed by atoms with Crippen LogP contribution in [0.3, 0.4) is 0 Å². The maximum absolute atomic E-state index is 12.4. The van der Waals surface area contributed by atoms with Gasteiger partial charge in [-0.05, 0) is 45.1 Å². The summed E-state index contributed by atoms with van der Waals surface area (Å²) in [4.78, 5) is 28.7. The first kappa shape index (κ1) is 19.5. The molecule has 0 spiro atoms. The number of piperidine rings is 1. The second-order valence-electron chi connectivity index (χ2n) is 7.44. The van der Waals surface area contributed by atoms with Crippen LogP contribution in [0.4, 0.5) is 5.69 Å². The third kappa shape index (κ3) is 4.37. The van der Waals surface area contributed by atoms with Gasteiger partial charge in [0.2, 0.25) is 5.91 Å². The predicted molar refractivity (Wildman–Crippen MR) is 109 cm³/mol. The Morgan fingerprint density at radius 2 is 1.85 bits per heavy atom. The average molecular weight is 370 g/mol. The largest absolute Gasteiger partial charge is 0.370 e. The Labute approximate surface area is 161 Å². The SMILES string of the molecule is CCc1nc2cc(N3CCC(C(=O)N[C@H](C)CC)CC3)cnc2nc1CC. The molecule has 1 saturated heterocycles. The summed E-state index contributed by atoms with van der Waals surface area (Å²) in [6.07, 6.45) is 6.37. The van der Waals surface area contributed by atoms with Crippen molar-refractivity contribution in [1.82, 2.24) is 20.3 Å². The predicted octanol–water partition coefficient (Wildman–Crippen LogP) is 3.28. The number of hydrogen-bond acceptors (Lipinski definition) is 5. The molecule has 0 radical (unpaired) electrons. The molecular weight excluding hydrogens is 338 g/mol. The van der Waals surface area contributed by atoms with Crippen molar-refractivity contribution in [2.75, 3.05) is 18.0 Å². The van der Waals surface area contributed by atoms with Crippen molar-refractivity contribution in [3.63, 3.8) is 0 Å². The fourth-order valence-electron chi connectivity index (χ4n) is 3.61. The number of pyridine rings is 1. The Morgan fingerprint density at radius 1 is 1.19 bits per heavy atom. The number of nitrogens with zero attached hydrogens (tertiary/aromatic N) is 4. The number of anilines is 1. The highest BCUT2D eigenvalue weighted by Gasteiger charge is 2.26. The summed E-state index contributed by atoms with van der Waals surface area (Å²) in [5.74, 6) is 0.313. The molecule has 6 heteroatoms. The van der Waals surface area contributed by atoms with E-state index in [4.69, 9.17) is 4.98 Å². The second kappa shape index (κ2) is 8.63. The lowest BCUT2D eigenvalue weighted by molar-refractivity contribution is -0.126. The zero-order valence-electron chi connectivity index (χ0n) is 17.0. The van der Waals surface area contributed by atoms with Gasteiger partial charge in [-0.1, -0.05) is 20.8 Å². The number of fused-ring (bicyclic) bond motifs is 1. The van der Waals surface area contributed by atoms with E-state index in [0.717, 1.165) is 73.4 Å². The van der Waals surface area contributed by atoms with E-state index in [0.29, 0.717) is 0 Å². The zero-order valence-corrected chi connectivity index (χ0v) is 17.0. The van der Waals surface area contributed by atoms with Crippen molar-refractivity contribution in [3.8, 4) is 0 Å². The number of aryl methyl sites for hydroxylation is 2. The Kier molecular flexibility index (Phi) is 6.24. The van der Waals surface area contributed by atoms with Crippen LogP contribution in [0, 0.1) is 5.92 Å². The van der Waals surface area contributed by atoms with E-state index in [1.54, 1.807) is 0 Å². The van der Waals surface area contributed by atoms with Crippen LogP contribution in [0.5, 0.6) is 0 Å². The van der Waals surface area contributed by atoms with Crippen molar-refractivity contribution in [1.29, 1.82) is 0 Å². The van der Waals surface area contributed by atoms with E-state index in [2.05, 4.69) is 53.9 Å². The molecule has 1 atom stereocenters. The highest BCUT2D eigenvalue weighted by atomic mass is 16.1. The second-order valence-corrected chi connectivity index (χ2v) is 7.44. The molecule has 0 aliphatic carbocycles. The van der Waals surface area contributed by atoms with Gasteiger partial charge in [-0.15, -0.1) is 0 Å². The standard InChI is InChI=1S/C21H31N5O/c1-5-14(4)23-21(27)15-8-10-26(11-9-15)16-12-19-20(22-13-16)25-18(7-3)17(6-2)24-19/h12-15H,5-11H2,1-4H3,(H,23,27)/t14-/m1/s1. The lowest BCUT2D eigenvalue weighted by Crippen LogP contribution is -2.43. The molecule has 6 nitrogen and oxygen atoms in total. The molecule has 3 rings (SSSR count). The Balaban J connectivity index is 1.70. The first-order valence-electron chi connectivity index (χ1n) is 10.3. The number of rotatable bonds is 6. The lowest BCUT2D eigenvalue weighted by Gasteiger charge is -2.33. The molecule has 0 aromatic carbocycles. The van der Waals surface area contributed by atoms with Crippen molar-refractivity contribution < 1.29 is 4.79 Å². The molecule has 146 valence electrons. The van der Waals surface area contributed by atoms with Crippen LogP contribution in [-0.2, 0) is 17.6 Å². The summed E-state index contributed by atoms with van der Waals surface area (Å²) in [5.41, 5.74) is 4.75. The summed E-state index contributed by atoms with van der Waals surface area (Å²) < 4.78 is 0. The van der Waals surface area contributed by atoms with Crippen LogP contribution >= 0.6 is 0 Å². The molecule has 1 N–H and O–H groups in total. The monoisotopic (exact) mass is 369 g/mol. The number of amides is 1. The quantitative estimate of drug-likeness (QED) is 0.846. The van der Waals surface area contributed by atoms with Gasteiger partial charge in [0, 0.05) is 25.0 Å². The first-order chi connectivity index (χ1) is 13.0. The summed E-state index contributed by atoms with van der Waals surface area (Å²) >= 11 is 0. The van der Waals surface area contributed by atoms with E-state index in [1.165, 1.54) is 0 Å². The minimum absolute atomic E-state index is 0.113. The molecule has 1 amide bonds. The minimum atomic E-state index is 0.113. The fraction of sp³-hybridized carbons (Fsp3) is 0.619. The third-order valence-corrected chi connectivity index (χ3v) is 5.56. The van der Waals surface area contributed by atoms with Crippen LogP contribution in [0.2, 0.25) is 0 Å². The highest BCUT2D eigenvalue weighted by Crippen LogP contribution is 2.25. The van der Waals surface area contributed by atoms with Gasteiger partial charge < -0.3 is 10.2 Å². The topological polar surface area (TPSA) is 71.0 Å². The summed E-state index contributed by atoms with van der Waals surface area (Å²) in [7, 11) is 0. The molecule has 27 heavy (non-hydrogen) atoms. The normalized spacial score (nSPS) is 16.5. The molecule has 1 aliphatic rings. The average Bonchev–Trinajstić information content (AvgIpc) is 2.72. The Hall–Kier alpha value is -2.24.